The number of hydrogen-bond donors (Lipinski definition) is 0. The lowest BCUT2D eigenvalue weighted by Crippen LogP contribution is -2.31. The molecule has 0 aliphatic carbocycles. The van der Waals surface area contributed by atoms with Gasteiger partial charge in [-0.2, -0.15) is 0 Å². The maximum absolute atomic E-state index is 15.0. The standard InChI is InChI=1S/C13H18ClFN2O/c1-17(2)9-11-10(3-4-12(14)16-11)13(15)5-7-18-8-6-13/h3-4H,5-9H2,1-2H3. The number of aromatic nitrogens is 1. The maximum atomic E-state index is 15.0. The minimum absolute atomic E-state index is 0.386. The van der Waals surface area contributed by atoms with Gasteiger partial charge in [-0.3, -0.25) is 0 Å². The highest BCUT2D eigenvalue weighted by Gasteiger charge is 2.36. The first-order valence-corrected chi connectivity index (χ1v) is 6.46. The van der Waals surface area contributed by atoms with Crippen LogP contribution >= 0.6 is 11.6 Å². The van der Waals surface area contributed by atoms with Crippen LogP contribution in [0.5, 0.6) is 0 Å². The van der Waals surface area contributed by atoms with E-state index in [-0.39, 0.29) is 0 Å². The summed E-state index contributed by atoms with van der Waals surface area (Å²) in [5.41, 5.74) is 0.0436. The van der Waals surface area contributed by atoms with E-state index in [1.54, 1.807) is 12.1 Å². The topological polar surface area (TPSA) is 25.4 Å². The molecule has 0 aromatic carbocycles. The Hall–Kier alpha value is -0.710. The summed E-state index contributed by atoms with van der Waals surface area (Å²) in [7, 11) is 3.86. The Morgan fingerprint density at radius 3 is 2.67 bits per heavy atom. The van der Waals surface area contributed by atoms with E-state index < -0.39 is 5.67 Å². The van der Waals surface area contributed by atoms with Crippen LogP contribution in [0.2, 0.25) is 5.15 Å². The third kappa shape index (κ3) is 2.99. The van der Waals surface area contributed by atoms with E-state index in [4.69, 9.17) is 16.3 Å². The molecular weight excluding hydrogens is 255 g/mol. The molecule has 0 saturated carbocycles. The van der Waals surface area contributed by atoms with Gasteiger partial charge in [0.2, 0.25) is 0 Å². The van der Waals surface area contributed by atoms with Gasteiger partial charge in [-0.05, 0) is 20.2 Å². The zero-order valence-electron chi connectivity index (χ0n) is 10.7. The molecule has 1 aromatic rings. The predicted molar refractivity (Wildman–Crippen MR) is 69.5 cm³/mol. The van der Waals surface area contributed by atoms with Crippen molar-refractivity contribution in [3.05, 3.63) is 28.5 Å². The van der Waals surface area contributed by atoms with Gasteiger partial charge < -0.3 is 9.64 Å². The summed E-state index contributed by atoms with van der Waals surface area (Å²) in [6.45, 7) is 1.50. The van der Waals surface area contributed by atoms with E-state index >= 15 is 0 Å². The molecule has 0 spiro atoms. The van der Waals surface area contributed by atoms with Crippen molar-refractivity contribution in [2.75, 3.05) is 27.3 Å². The average Bonchev–Trinajstić information content (AvgIpc) is 2.28. The Morgan fingerprint density at radius 2 is 2.06 bits per heavy atom. The number of nitrogens with zero attached hydrogens (tertiary/aromatic N) is 2. The number of ether oxygens (including phenoxy) is 1. The Bertz CT molecular complexity index is 419. The van der Waals surface area contributed by atoms with Gasteiger partial charge in [-0.15, -0.1) is 0 Å². The van der Waals surface area contributed by atoms with Gasteiger partial charge in [0, 0.05) is 38.2 Å². The summed E-state index contributed by atoms with van der Waals surface area (Å²) in [5.74, 6) is 0. The fraction of sp³-hybridized carbons (Fsp3) is 0.615. The van der Waals surface area contributed by atoms with E-state index in [0.717, 1.165) is 5.69 Å². The Kier molecular flexibility index (Phi) is 4.20. The third-order valence-corrected chi connectivity index (χ3v) is 3.38. The highest BCUT2D eigenvalue weighted by Crippen LogP contribution is 2.38. The fourth-order valence-corrected chi connectivity index (χ4v) is 2.43. The van der Waals surface area contributed by atoms with Crippen molar-refractivity contribution in [1.82, 2.24) is 9.88 Å². The van der Waals surface area contributed by atoms with Crippen molar-refractivity contribution in [2.24, 2.45) is 0 Å². The minimum atomic E-state index is -1.33. The van der Waals surface area contributed by atoms with Crippen molar-refractivity contribution in [3.63, 3.8) is 0 Å². The summed E-state index contributed by atoms with van der Waals surface area (Å²) in [6, 6.07) is 3.42. The molecule has 2 heterocycles. The maximum Gasteiger partial charge on any atom is 0.142 e. The number of rotatable bonds is 3. The second-order valence-corrected chi connectivity index (χ2v) is 5.33. The number of pyridine rings is 1. The normalized spacial score (nSPS) is 19.2. The summed E-state index contributed by atoms with van der Waals surface area (Å²) >= 11 is 5.91. The van der Waals surface area contributed by atoms with Crippen molar-refractivity contribution < 1.29 is 9.13 Å². The van der Waals surface area contributed by atoms with E-state index in [0.29, 0.717) is 43.3 Å². The zero-order valence-corrected chi connectivity index (χ0v) is 11.5. The zero-order chi connectivity index (χ0) is 13.2. The highest BCUT2D eigenvalue weighted by molar-refractivity contribution is 6.29. The molecule has 18 heavy (non-hydrogen) atoms. The van der Waals surface area contributed by atoms with Crippen molar-refractivity contribution in [3.8, 4) is 0 Å². The SMILES string of the molecule is CN(C)Cc1nc(Cl)ccc1C1(F)CCOCC1. The van der Waals surface area contributed by atoms with Gasteiger partial charge >= 0.3 is 0 Å². The Balaban J connectivity index is 2.35. The van der Waals surface area contributed by atoms with Gasteiger partial charge in [-0.25, -0.2) is 9.37 Å². The van der Waals surface area contributed by atoms with Crippen LogP contribution in [-0.2, 0) is 17.0 Å². The first-order chi connectivity index (χ1) is 8.51. The molecule has 1 fully saturated rings. The van der Waals surface area contributed by atoms with Crippen LogP contribution in [0.25, 0.3) is 0 Å². The molecule has 0 N–H and O–H groups in total. The smallest absolute Gasteiger partial charge is 0.142 e. The molecule has 1 aliphatic rings. The Morgan fingerprint density at radius 1 is 1.39 bits per heavy atom. The van der Waals surface area contributed by atoms with E-state index in [2.05, 4.69) is 4.98 Å². The van der Waals surface area contributed by atoms with Gasteiger partial charge in [-0.1, -0.05) is 17.7 Å². The first-order valence-electron chi connectivity index (χ1n) is 6.08. The summed E-state index contributed by atoms with van der Waals surface area (Å²) in [5, 5.41) is 0.409. The van der Waals surface area contributed by atoms with Crippen LogP contribution in [-0.4, -0.2) is 37.2 Å². The molecule has 2 rings (SSSR count). The fourth-order valence-electron chi connectivity index (χ4n) is 2.27. The van der Waals surface area contributed by atoms with Crippen molar-refractivity contribution >= 4 is 11.6 Å². The van der Waals surface area contributed by atoms with Crippen molar-refractivity contribution in [2.45, 2.75) is 25.1 Å². The molecule has 0 unspecified atom stereocenters. The lowest BCUT2D eigenvalue weighted by molar-refractivity contribution is -0.0123. The van der Waals surface area contributed by atoms with Gasteiger partial charge in [0.15, 0.2) is 0 Å². The van der Waals surface area contributed by atoms with E-state index in [1.807, 2.05) is 19.0 Å². The van der Waals surface area contributed by atoms with E-state index in [1.165, 1.54) is 0 Å². The number of hydrogen-bond acceptors (Lipinski definition) is 3. The monoisotopic (exact) mass is 272 g/mol. The largest absolute Gasteiger partial charge is 0.381 e. The predicted octanol–water partition coefficient (Wildman–Crippen LogP) is 2.77. The highest BCUT2D eigenvalue weighted by atomic mass is 35.5. The molecule has 0 radical (unpaired) electrons. The molecule has 3 nitrogen and oxygen atoms in total. The second-order valence-electron chi connectivity index (χ2n) is 4.94. The van der Waals surface area contributed by atoms with Crippen LogP contribution in [0.3, 0.4) is 0 Å². The summed E-state index contributed by atoms with van der Waals surface area (Å²) in [4.78, 5) is 6.24. The Labute approximate surface area is 112 Å². The third-order valence-electron chi connectivity index (χ3n) is 3.17. The number of halogens is 2. The van der Waals surface area contributed by atoms with Crippen LogP contribution in [0.15, 0.2) is 12.1 Å². The van der Waals surface area contributed by atoms with Gasteiger partial charge in [0.25, 0.3) is 0 Å². The van der Waals surface area contributed by atoms with E-state index in [9.17, 15) is 4.39 Å². The average molecular weight is 273 g/mol. The quantitative estimate of drug-likeness (QED) is 0.791. The van der Waals surface area contributed by atoms with Crippen molar-refractivity contribution in [1.29, 1.82) is 0 Å². The molecule has 100 valence electrons. The summed E-state index contributed by atoms with van der Waals surface area (Å²) in [6.07, 6.45) is 0.771. The van der Waals surface area contributed by atoms with Crippen LogP contribution in [0.4, 0.5) is 4.39 Å². The molecule has 0 bridgehead atoms. The van der Waals surface area contributed by atoms with Crippen LogP contribution < -0.4 is 0 Å². The molecule has 0 atom stereocenters. The first kappa shape index (κ1) is 13.7. The van der Waals surface area contributed by atoms with Crippen LogP contribution in [0.1, 0.15) is 24.1 Å². The number of alkyl halides is 1. The minimum Gasteiger partial charge on any atom is -0.381 e. The lowest BCUT2D eigenvalue weighted by Gasteiger charge is -2.31. The molecule has 0 amide bonds. The molecule has 5 heteroatoms. The second kappa shape index (κ2) is 5.51. The molecular formula is C13H18ClFN2O. The summed E-state index contributed by atoms with van der Waals surface area (Å²) < 4.78 is 20.2. The van der Waals surface area contributed by atoms with Crippen LogP contribution in [0, 0.1) is 0 Å². The molecule has 1 aliphatic heterocycles. The van der Waals surface area contributed by atoms with Gasteiger partial charge in [0.1, 0.15) is 10.8 Å². The molecule has 1 saturated heterocycles. The molecule has 1 aromatic heterocycles. The lowest BCUT2D eigenvalue weighted by atomic mass is 9.87. The van der Waals surface area contributed by atoms with Gasteiger partial charge in [0.05, 0.1) is 5.69 Å².